The monoisotopic (exact) mass is 443 g/mol. The Kier molecular flexibility index (Phi) is 6.49. The van der Waals surface area contributed by atoms with Crippen LogP contribution < -0.4 is 5.32 Å². The minimum absolute atomic E-state index is 0.000541. The van der Waals surface area contributed by atoms with Crippen LogP contribution in [0.5, 0.6) is 0 Å². The maximum absolute atomic E-state index is 13.9. The summed E-state index contributed by atoms with van der Waals surface area (Å²) < 4.78 is 0. The summed E-state index contributed by atoms with van der Waals surface area (Å²) >= 11 is 0. The van der Waals surface area contributed by atoms with E-state index in [1.54, 1.807) is 0 Å². The van der Waals surface area contributed by atoms with Crippen LogP contribution in [0.4, 0.5) is 4.79 Å². The van der Waals surface area contributed by atoms with Crippen molar-refractivity contribution in [3.05, 3.63) is 83.9 Å². The smallest absolute Gasteiger partial charge is 0.318 e. The number of nitrogens with zero attached hydrogens (tertiary/aromatic N) is 2. The number of carbonyl (C=O) groups excluding carboxylic acids is 1. The number of hydrogen-bond donors (Lipinski definition) is 1. The highest BCUT2D eigenvalue weighted by molar-refractivity contribution is 5.87. The fraction of sp³-hybridized carbons (Fsp3) is 0.414. The average Bonchev–Trinajstić information content (AvgIpc) is 2.77. The SMILES string of the molecule is CN1CCC(N(Cc2ccccc2)C(=O)NC(C)(C)c2cccc3ccccc23)C(C)(C)C1. The minimum Gasteiger partial charge on any atom is -0.329 e. The van der Waals surface area contributed by atoms with Gasteiger partial charge in [-0.25, -0.2) is 4.79 Å². The van der Waals surface area contributed by atoms with Gasteiger partial charge in [0.25, 0.3) is 0 Å². The van der Waals surface area contributed by atoms with Crippen molar-refractivity contribution in [3.63, 3.8) is 0 Å². The number of carbonyl (C=O) groups is 1. The lowest BCUT2D eigenvalue weighted by atomic mass is 9.78. The van der Waals surface area contributed by atoms with Gasteiger partial charge < -0.3 is 15.1 Å². The Bertz CT molecular complexity index is 1100. The van der Waals surface area contributed by atoms with E-state index in [2.05, 4.69) is 104 Å². The molecular weight excluding hydrogens is 406 g/mol. The first kappa shape index (κ1) is 23.3. The zero-order valence-electron chi connectivity index (χ0n) is 20.6. The van der Waals surface area contributed by atoms with E-state index in [1.807, 2.05) is 18.2 Å². The second-order valence-electron chi connectivity index (χ2n) is 10.7. The molecule has 0 aromatic heterocycles. The number of rotatable bonds is 5. The summed E-state index contributed by atoms with van der Waals surface area (Å²) in [6, 6.07) is 25.2. The fourth-order valence-electron chi connectivity index (χ4n) is 5.47. The summed E-state index contributed by atoms with van der Waals surface area (Å²) in [5.74, 6) is 0. The van der Waals surface area contributed by atoms with Gasteiger partial charge in [-0.15, -0.1) is 0 Å². The van der Waals surface area contributed by atoms with Crippen LogP contribution in [0.1, 0.15) is 45.2 Å². The Morgan fingerprint density at radius 1 is 1.03 bits per heavy atom. The average molecular weight is 444 g/mol. The van der Waals surface area contributed by atoms with Crippen LogP contribution in [0.25, 0.3) is 10.8 Å². The Morgan fingerprint density at radius 2 is 1.70 bits per heavy atom. The van der Waals surface area contributed by atoms with Crippen LogP contribution in [0.15, 0.2) is 72.8 Å². The Labute approximate surface area is 198 Å². The van der Waals surface area contributed by atoms with E-state index in [0.717, 1.165) is 30.6 Å². The molecule has 1 unspecified atom stereocenters. The topological polar surface area (TPSA) is 35.6 Å². The third-order valence-corrected chi connectivity index (χ3v) is 7.08. The summed E-state index contributed by atoms with van der Waals surface area (Å²) in [7, 11) is 2.17. The first-order valence-corrected chi connectivity index (χ1v) is 12.0. The highest BCUT2D eigenvalue weighted by Crippen LogP contribution is 2.35. The first-order chi connectivity index (χ1) is 15.7. The van der Waals surface area contributed by atoms with Gasteiger partial charge >= 0.3 is 6.03 Å². The lowest BCUT2D eigenvalue weighted by molar-refractivity contribution is 0.0288. The number of amides is 2. The Morgan fingerprint density at radius 3 is 2.42 bits per heavy atom. The Balaban J connectivity index is 1.65. The van der Waals surface area contributed by atoms with Crippen LogP contribution in [0, 0.1) is 5.41 Å². The van der Waals surface area contributed by atoms with Crippen LogP contribution in [0.2, 0.25) is 0 Å². The zero-order valence-corrected chi connectivity index (χ0v) is 20.6. The molecule has 4 heteroatoms. The van der Waals surface area contributed by atoms with E-state index in [-0.39, 0.29) is 17.5 Å². The van der Waals surface area contributed by atoms with Crippen LogP contribution >= 0.6 is 0 Å². The molecule has 0 radical (unpaired) electrons. The third-order valence-electron chi connectivity index (χ3n) is 7.08. The summed E-state index contributed by atoms with van der Waals surface area (Å²) in [6.07, 6.45) is 0.971. The highest BCUT2D eigenvalue weighted by atomic mass is 16.2. The number of nitrogens with one attached hydrogen (secondary N) is 1. The van der Waals surface area contributed by atoms with Gasteiger partial charge in [-0.3, -0.25) is 0 Å². The highest BCUT2D eigenvalue weighted by Gasteiger charge is 2.41. The molecule has 1 saturated heterocycles. The quantitative estimate of drug-likeness (QED) is 0.524. The van der Waals surface area contributed by atoms with Gasteiger partial charge in [0.1, 0.15) is 0 Å². The predicted octanol–water partition coefficient (Wildman–Crippen LogP) is 6.02. The summed E-state index contributed by atoms with van der Waals surface area (Å²) in [4.78, 5) is 18.4. The maximum atomic E-state index is 13.9. The molecule has 1 aliphatic heterocycles. The van der Waals surface area contributed by atoms with Gasteiger partial charge in [0, 0.05) is 19.1 Å². The normalized spacial score (nSPS) is 18.8. The number of likely N-dealkylation sites (tertiary alicyclic amines) is 1. The van der Waals surface area contributed by atoms with Crippen LogP contribution in [0.3, 0.4) is 0 Å². The minimum atomic E-state index is -0.511. The van der Waals surface area contributed by atoms with E-state index in [4.69, 9.17) is 0 Å². The molecule has 0 aliphatic carbocycles. The molecule has 3 aromatic rings. The van der Waals surface area contributed by atoms with E-state index in [1.165, 1.54) is 10.8 Å². The summed E-state index contributed by atoms with van der Waals surface area (Å²) in [5, 5.41) is 5.77. The molecule has 2 amide bonds. The van der Waals surface area contributed by atoms with Gasteiger partial charge in [0.15, 0.2) is 0 Å². The molecule has 0 spiro atoms. The molecule has 1 heterocycles. The standard InChI is InChI=1S/C29H37N3O/c1-28(2)21-31(5)19-18-26(28)32(20-22-12-7-6-8-13-22)27(33)30-29(3,4)25-17-11-15-23-14-9-10-16-24(23)25/h6-17,26H,18-21H2,1-5H3,(H,30,33). The summed E-state index contributed by atoms with van der Waals surface area (Å²) in [5.41, 5.74) is 1.78. The second kappa shape index (κ2) is 9.18. The molecule has 4 rings (SSSR count). The van der Waals surface area contributed by atoms with Crippen molar-refractivity contribution >= 4 is 16.8 Å². The van der Waals surface area contributed by atoms with Crippen molar-refractivity contribution in [1.82, 2.24) is 15.1 Å². The molecule has 1 aliphatic rings. The number of piperidine rings is 1. The predicted molar refractivity (Wildman–Crippen MR) is 137 cm³/mol. The van der Waals surface area contributed by atoms with Crippen molar-refractivity contribution < 1.29 is 4.79 Å². The molecule has 33 heavy (non-hydrogen) atoms. The fourth-order valence-corrected chi connectivity index (χ4v) is 5.47. The van der Waals surface area contributed by atoms with Gasteiger partial charge in [0.2, 0.25) is 0 Å². The lowest BCUT2D eigenvalue weighted by Gasteiger charge is -2.48. The van der Waals surface area contributed by atoms with Crippen LogP contribution in [-0.2, 0) is 12.1 Å². The lowest BCUT2D eigenvalue weighted by Crippen LogP contribution is -2.59. The van der Waals surface area contributed by atoms with Crippen molar-refractivity contribution in [2.45, 2.75) is 52.2 Å². The van der Waals surface area contributed by atoms with Crippen molar-refractivity contribution in [1.29, 1.82) is 0 Å². The van der Waals surface area contributed by atoms with E-state index in [0.29, 0.717) is 6.54 Å². The van der Waals surface area contributed by atoms with E-state index < -0.39 is 5.54 Å². The molecule has 0 bridgehead atoms. The molecule has 1 atom stereocenters. The first-order valence-electron chi connectivity index (χ1n) is 12.0. The van der Waals surface area contributed by atoms with Crippen molar-refractivity contribution in [2.75, 3.05) is 20.1 Å². The largest absolute Gasteiger partial charge is 0.329 e. The zero-order chi connectivity index (χ0) is 23.6. The van der Waals surface area contributed by atoms with Gasteiger partial charge in [-0.05, 0) is 61.2 Å². The van der Waals surface area contributed by atoms with Crippen molar-refractivity contribution in [2.24, 2.45) is 5.41 Å². The molecule has 3 aromatic carbocycles. The number of urea groups is 1. The van der Waals surface area contributed by atoms with E-state index in [9.17, 15) is 4.79 Å². The van der Waals surface area contributed by atoms with Gasteiger partial charge in [-0.2, -0.15) is 0 Å². The molecule has 1 N–H and O–H groups in total. The second-order valence-corrected chi connectivity index (χ2v) is 10.7. The number of fused-ring (bicyclic) bond motifs is 1. The Hall–Kier alpha value is -2.85. The van der Waals surface area contributed by atoms with Gasteiger partial charge in [-0.1, -0.05) is 86.6 Å². The molecule has 1 fully saturated rings. The van der Waals surface area contributed by atoms with Crippen LogP contribution in [-0.4, -0.2) is 42.0 Å². The van der Waals surface area contributed by atoms with E-state index >= 15 is 0 Å². The number of benzene rings is 3. The van der Waals surface area contributed by atoms with Crippen molar-refractivity contribution in [3.8, 4) is 0 Å². The molecule has 4 nitrogen and oxygen atoms in total. The maximum Gasteiger partial charge on any atom is 0.318 e. The van der Waals surface area contributed by atoms with Gasteiger partial charge in [0.05, 0.1) is 5.54 Å². The third kappa shape index (κ3) is 5.06. The molecular formula is C29H37N3O. The molecule has 174 valence electrons. The number of hydrogen-bond acceptors (Lipinski definition) is 2. The molecule has 0 saturated carbocycles. The summed E-state index contributed by atoms with van der Waals surface area (Å²) in [6.45, 7) is 11.4.